The van der Waals surface area contributed by atoms with Gasteiger partial charge < -0.3 is 14.8 Å². The fourth-order valence-corrected chi connectivity index (χ4v) is 1.33. The van der Waals surface area contributed by atoms with Crippen molar-refractivity contribution in [1.29, 1.82) is 0 Å². The fourth-order valence-electron chi connectivity index (χ4n) is 1.33. The summed E-state index contributed by atoms with van der Waals surface area (Å²) in [4.78, 5) is 35.6. The monoisotopic (exact) mass is 239 g/mol. The molecule has 0 amide bonds. The molecular weight excluding hydrogens is 226 g/mol. The number of carbonyl (C=O) groups excluding carboxylic acids is 2. The Labute approximate surface area is 97.6 Å². The minimum Gasteiger partial charge on any atom is -0.481 e. The van der Waals surface area contributed by atoms with Crippen molar-refractivity contribution in [2.24, 2.45) is 0 Å². The predicted octanol–water partition coefficient (Wildman–Crippen LogP) is 1.24. The maximum Gasteiger partial charge on any atom is 0.354 e. The van der Waals surface area contributed by atoms with Gasteiger partial charge in [-0.3, -0.25) is 9.59 Å². The van der Waals surface area contributed by atoms with Crippen LogP contribution in [-0.2, 0) is 9.53 Å². The van der Waals surface area contributed by atoms with E-state index in [1.54, 1.807) is 0 Å². The number of aromatic nitrogens is 1. The first kappa shape index (κ1) is 13.0. The number of esters is 1. The van der Waals surface area contributed by atoms with Crippen LogP contribution in [-0.4, -0.2) is 34.9 Å². The number of H-pyrrole nitrogens is 1. The molecule has 0 fully saturated rings. The third kappa shape index (κ3) is 3.75. The maximum atomic E-state index is 11.6. The van der Waals surface area contributed by atoms with E-state index in [-0.39, 0.29) is 30.7 Å². The van der Waals surface area contributed by atoms with Gasteiger partial charge in [-0.05, 0) is 12.5 Å². The Kier molecular flexibility index (Phi) is 4.45. The van der Waals surface area contributed by atoms with E-state index in [4.69, 9.17) is 5.11 Å². The van der Waals surface area contributed by atoms with Crippen LogP contribution in [0.2, 0.25) is 0 Å². The molecule has 0 saturated carbocycles. The highest BCUT2D eigenvalue weighted by Crippen LogP contribution is 2.09. The highest BCUT2D eigenvalue weighted by atomic mass is 16.5. The van der Waals surface area contributed by atoms with Gasteiger partial charge >= 0.3 is 11.9 Å². The van der Waals surface area contributed by atoms with Gasteiger partial charge in [-0.1, -0.05) is 0 Å². The average molecular weight is 239 g/mol. The summed E-state index contributed by atoms with van der Waals surface area (Å²) >= 11 is 0. The average Bonchev–Trinajstić information content (AvgIpc) is 2.76. The van der Waals surface area contributed by atoms with Crippen molar-refractivity contribution >= 4 is 17.7 Å². The number of ether oxygens (including phenoxy) is 1. The van der Waals surface area contributed by atoms with E-state index >= 15 is 0 Å². The first-order valence-corrected chi connectivity index (χ1v) is 5.06. The second-order valence-electron chi connectivity index (χ2n) is 3.46. The molecule has 1 aromatic heterocycles. The molecule has 6 heteroatoms. The molecular formula is C11H13NO5. The number of methoxy groups -OCH3 is 1. The van der Waals surface area contributed by atoms with Crippen LogP contribution in [0.1, 0.15) is 40.1 Å². The molecule has 0 atom stereocenters. The molecule has 0 bridgehead atoms. The molecule has 0 aliphatic rings. The molecule has 0 saturated heterocycles. The van der Waals surface area contributed by atoms with Crippen LogP contribution in [0.4, 0.5) is 0 Å². The van der Waals surface area contributed by atoms with Crippen molar-refractivity contribution < 1.29 is 24.2 Å². The number of carboxylic acids is 1. The van der Waals surface area contributed by atoms with Crippen molar-refractivity contribution in [3.8, 4) is 0 Å². The summed E-state index contributed by atoms with van der Waals surface area (Å²) in [5.74, 6) is -1.67. The third-order valence-corrected chi connectivity index (χ3v) is 2.20. The van der Waals surface area contributed by atoms with Crippen molar-refractivity contribution in [3.05, 3.63) is 23.5 Å². The van der Waals surface area contributed by atoms with Gasteiger partial charge in [0.15, 0.2) is 5.78 Å². The summed E-state index contributed by atoms with van der Waals surface area (Å²) in [6, 6.07) is 1.40. The number of hydrogen-bond acceptors (Lipinski definition) is 4. The lowest BCUT2D eigenvalue weighted by Crippen LogP contribution is -2.02. The number of ketones is 1. The van der Waals surface area contributed by atoms with Crippen LogP contribution in [0.15, 0.2) is 12.3 Å². The van der Waals surface area contributed by atoms with Crippen LogP contribution in [0.5, 0.6) is 0 Å². The van der Waals surface area contributed by atoms with Gasteiger partial charge in [0.2, 0.25) is 0 Å². The van der Waals surface area contributed by atoms with Crippen molar-refractivity contribution in [2.75, 3.05) is 7.11 Å². The number of Topliss-reactive ketones (excluding diaryl/α,β-unsaturated/α-hetero) is 1. The van der Waals surface area contributed by atoms with E-state index in [0.29, 0.717) is 5.56 Å². The summed E-state index contributed by atoms with van der Waals surface area (Å²) < 4.78 is 4.48. The molecule has 1 aromatic rings. The number of carboxylic acid groups (broad SMARTS) is 1. The molecule has 0 aromatic carbocycles. The molecule has 0 aliphatic heterocycles. The third-order valence-electron chi connectivity index (χ3n) is 2.20. The lowest BCUT2D eigenvalue weighted by atomic mass is 10.1. The molecule has 0 unspecified atom stereocenters. The smallest absolute Gasteiger partial charge is 0.354 e. The van der Waals surface area contributed by atoms with Gasteiger partial charge in [0.25, 0.3) is 0 Å². The summed E-state index contributed by atoms with van der Waals surface area (Å²) in [6.07, 6.45) is 1.80. The Morgan fingerprint density at radius 2 is 2.06 bits per heavy atom. The first-order chi connectivity index (χ1) is 8.04. The fraction of sp³-hybridized carbons (Fsp3) is 0.364. The Morgan fingerprint density at radius 3 is 2.65 bits per heavy atom. The summed E-state index contributed by atoms with van der Waals surface area (Å²) in [7, 11) is 1.25. The minimum absolute atomic E-state index is 0.0416. The van der Waals surface area contributed by atoms with Crippen LogP contribution in [0, 0.1) is 0 Å². The Hall–Kier alpha value is -2.11. The van der Waals surface area contributed by atoms with E-state index < -0.39 is 11.9 Å². The van der Waals surface area contributed by atoms with Crippen molar-refractivity contribution in [1.82, 2.24) is 4.98 Å². The van der Waals surface area contributed by atoms with E-state index in [0.717, 1.165) is 0 Å². The highest BCUT2D eigenvalue weighted by Gasteiger charge is 2.13. The zero-order chi connectivity index (χ0) is 12.8. The molecule has 17 heavy (non-hydrogen) atoms. The predicted molar refractivity (Wildman–Crippen MR) is 57.9 cm³/mol. The highest BCUT2D eigenvalue weighted by molar-refractivity contribution is 5.98. The molecule has 1 heterocycles. The second-order valence-corrected chi connectivity index (χ2v) is 3.46. The van der Waals surface area contributed by atoms with Crippen LogP contribution >= 0.6 is 0 Å². The molecule has 1 rings (SSSR count). The second kappa shape index (κ2) is 5.83. The Morgan fingerprint density at radius 1 is 1.35 bits per heavy atom. The van der Waals surface area contributed by atoms with Gasteiger partial charge in [0.1, 0.15) is 5.69 Å². The quantitative estimate of drug-likeness (QED) is 0.575. The van der Waals surface area contributed by atoms with Gasteiger partial charge in [-0.25, -0.2) is 4.79 Å². The van der Waals surface area contributed by atoms with E-state index in [1.165, 1.54) is 19.4 Å². The number of aliphatic carboxylic acids is 1. The molecule has 2 N–H and O–H groups in total. The number of nitrogens with one attached hydrogen (secondary N) is 1. The van der Waals surface area contributed by atoms with Crippen molar-refractivity contribution in [3.63, 3.8) is 0 Å². The lowest BCUT2D eigenvalue weighted by molar-refractivity contribution is -0.137. The minimum atomic E-state index is -0.929. The van der Waals surface area contributed by atoms with Crippen LogP contribution in [0.25, 0.3) is 0 Å². The first-order valence-electron chi connectivity index (χ1n) is 5.06. The van der Waals surface area contributed by atoms with E-state index in [9.17, 15) is 14.4 Å². The molecule has 0 spiro atoms. The SMILES string of the molecule is COC(=O)c1cc(C(=O)CCCC(=O)O)c[nH]1. The maximum absolute atomic E-state index is 11.6. The number of carbonyl (C=O) groups is 3. The topological polar surface area (TPSA) is 96.5 Å². The zero-order valence-electron chi connectivity index (χ0n) is 9.36. The number of rotatable bonds is 6. The molecule has 92 valence electrons. The van der Waals surface area contributed by atoms with Crippen molar-refractivity contribution in [2.45, 2.75) is 19.3 Å². The van der Waals surface area contributed by atoms with E-state index in [2.05, 4.69) is 9.72 Å². The van der Waals surface area contributed by atoms with Crippen LogP contribution in [0.3, 0.4) is 0 Å². The molecule has 0 radical (unpaired) electrons. The van der Waals surface area contributed by atoms with E-state index in [1.807, 2.05) is 0 Å². The summed E-state index contributed by atoms with van der Waals surface area (Å²) in [6.45, 7) is 0. The Balaban J connectivity index is 2.55. The standard InChI is InChI=1S/C11H13NO5/c1-17-11(16)8-5-7(6-12-8)9(13)3-2-4-10(14)15/h5-6,12H,2-4H2,1H3,(H,14,15). The van der Waals surface area contributed by atoms with Gasteiger partial charge in [-0.2, -0.15) is 0 Å². The largest absolute Gasteiger partial charge is 0.481 e. The normalized spacial score (nSPS) is 9.94. The molecule has 6 nitrogen and oxygen atoms in total. The molecule has 0 aliphatic carbocycles. The number of aromatic amines is 1. The van der Waals surface area contributed by atoms with Gasteiger partial charge in [-0.15, -0.1) is 0 Å². The Bertz CT molecular complexity index is 435. The zero-order valence-corrected chi connectivity index (χ0v) is 9.36. The number of hydrogen-bond donors (Lipinski definition) is 2. The summed E-state index contributed by atoms with van der Waals surface area (Å²) in [5.41, 5.74) is 0.560. The lowest BCUT2D eigenvalue weighted by Gasteiger charge is -1.95. The van der Waals surface area contributed by atoms with Gasteiger partial charge in [0.05, 0.1) is 7.11 Å². The van der Waals surface area contributed by atoms with Crippen LogP contribution < -0.4 is 0 Å². The van der Waals surface area contributed by atoms with Gasteiger partial charge in [0, 0.05) is 24.6 Å². The summed E-state index contributed by atoms with van der Waals surface area (Å²) in [5, 5.41) is 8.43.